The maximum Gasteiger partial charge on any atom is 0.513 e. The third-order valence-corrected chi connectivity index (χ3v) is 5.70. The van der Waals surface area contributed by atoms with Crippen molar-refractivity contribution in [1.82, 2.24) is 10.2 Å². The van der Waals surface area contributed by atoms with Gasteiger partial charge in [0.25, 0.3) is 5.91 Å². The number of ether oxygens (including phenoxy) is 2. The number of hydrogen-bond acceptors (Lipinski definition) is 5. The summed E-state index contributed by atoms with van der Waals surface area (Å²) < 4.78 is 9.74. The van der Waals surface area contributed by atoms with Crippen molar-refractivity contribution >= 4 is 35.6 Å². The molecule has 0 bridgehead atoms. The number of halogens is 1. The first kappa shape index (κ1) is 24.3. The first-order valence-electron chi connectivity index (χ1n) is 10.9. The van der Waals surface area contributed by atoms with Gasteiger partial charge in [0.2, 0.25) is 5.91 Å². The summed E-state index contributed by atoms with van der Waals surface area (Å²) in [6.45, 7) is 3.73. The normalized spacial score (nSPS) is 14.2. The molecule has 2 aromatic carbocycles. The molecule has 0 radical (unpaired) electrons. The number of benzene rings is 2. The minimum absolute atomic E-state index is 0.0668. The van der Waals surface area contributed by atoms with Crippen molar-refractivity contribution in [2.45, 2.75) is 19.8 Å². The molecule has 1 saturated heterocycles. The quantitative estimate of drug-likeness (QED) is 0.364. The van der Waals surface area contributed by atoms with E-state index in [1.54, 1.807) is 48.2 Å². The zero-order valence-electron chi connectivity index (χ0n) is 18.5. The van der Waals surface area contributed by atoms with Crippen LogP contribution < -0.4 is 10.1 Å². The van der Waals surface area contributed by atoms with Crippen molar-refractivity contribution in [3.05, 3.63) is 70.8 Å². The summed E-state index contributed by atoms with van der Waals surface area (Å²) in [5, 5.41) is 3.52. The number of hydrogen-bond donors (Lipinski definition) is 1. The fraction of sp³-hybridized carbons (Fsp3) is 0.320. The fourth-order valence-corrected chi connectivity index (χ4v) is 3.71. The second-order valence-electron chi connectivity index (χ2n) is 7.65. The summed E-state index contributed by atoms with van der Waals surface area (Å²) in [6, 6.07) is 13.7. The van der Waals surface area contributed by atoms with Gasteiger partial charge in [-0.15, -0.1) is 0 Å². The van der Waals surface area contributed by atoms with Crippen LogP contribution in [0.15, 0.2) is 54.6 Å². The van der Waals surface area contributed by atoms with Gasteiger partial charge >= 0.3 is 6.16 Å². The Morgan fingerprint density at radius 3 is 2.45 bits per heavy atom. The number of piperidine rings is 1. The molecule has 0 saturated carbocycles. The Kier molecular flexibility index (Phi) is 8.89. The molecule has 0 aromatic heterocycles. The van der Waals surface area contributed by atoms with E-state index >= 15 is 0 Å². The van der Waals surface area contributed by atoms with E-state index in [9.17, 15) is 14.4 Å². The van der Waals surface area contributed by atoms with Crippen LogP contribution in [0.5, 0.6) is 5.75 Å². The van der Waals surface area contributed by atoms with E-state index in [1.807, 2.05) is 18.2 Å². The highest BCUT2D eigenvalue weighted by atomic mass is 35.5. The van der Waals surface area contributed by atoms with E-state index in [1.165, 1.54) is 6.08 Å². The van der Waals surface area contributed by atoms with E-state index in [-0.39, 0.29) is 18.4 Å². The number of carbonyl (C=O) groups excluding carboxylic acids is 3. The summed E-state index contributed by atoms with van der Waals surface area (Å²) in [4.78, 5) is 38.0. The van der Waals surface area contributed by atoms with Crippen LogP contribution in [0.3, 0.4) is 0 Å². The third kappa shape index (κ3) is 7.36. The molecule has 1 heterocycles. The van der Waals surface area contributed by atoms with Gasteiger partial charge in [-0.3, -0.25) is 9.59 Å². The van der Waals surface area contributed by atoms with E-state index in [2.05, 4.69) is 5.32 Å². The Bertz CT molecular complexity index is 998. The molecular weight excluding hydrogens is 444 g/mol. The Morgan fingerprint density at radius 2 is 1.79 bits per heavy atom. The van der Waals surface area contributed by atoms with Crippen LogP contribution in [0, 0.1) is 5.92 Å². The Morgan fingerprint density at radius 1 is 1.09 bits per heavy atom. The molecule has 33 heavy (non-hydrogen) atoms. The van der Waals surface area contributed by atoms with Crippen LogP contribution in [0.1, 0.15) is 35.7 Å². The van der Waals surface area contributed by atoms with Crippen molar-refractivity contribution < 1.29 is 23.9 Å². The van der Waals surface area contributed by atoms with Crippen LogP contribution in [0.4, 0.5) is 4.79 Å². The van der Waals surface area contributed by atoms with Gasteiger partial charge in [-0.2, -0.15) is 0 Å². The molecule has 8 heteroatoms. The van der Waals surface area contributed by atoms with E-state index < -0.39 is 6.16 Å². The smallest absolute Gasteiger partial charge is 0.434 e. The Labute approximate surface area is 198 Å². The maximum atomic E-state index is 12.8. The number of amides is 2. The number of likely N-dealkylation sites (tertiary alicyclic amines) is 1. The van der Waals surface area contributed by atoms with Crippen LogP contribution in [-0.2, 0) is 9.53 Å². The third-order valence-electron chi connectivity index (χ3n) is 5.35. The lowest BCUT2D eigenvalue weighted by Crippen LogP contribution is -2.41. The molecule has 2 aromatic rings. The molecule has 0 aliphatic carbocycles. The van der Waals surface area contributed by atoms with Crippen LogP contribution in [0.2, 0.25) is 5.02 Å². The SMILES string of the molecule is CCOC(=O)Oc1ccc(C(=O)N2CCC(CNC(=O)/C=C/c3ccccc3Cl)CC2)cc1. The molecule has 1 aliphatic rings. The largest absolute Gasteiger partial charge is 0.513 e. The Balaban J connectivity index is 1.42. The fourth-order valence-electron chi connectivity index (χ4n) is 3.51. The van der Waals surface area contributed by atoms with Gasteiger partial charge in [0.05, 0.1) is 6.61 Å². The van der Waals surface area contributed by atoms with Crippen molar-refractivity contribution in [2.75, 3.05) is 26.2 Å². The number of carbonyl (C=O) groups is 3. The van der Waals surface area contributed by atoms with Gasteiger partial charge in [-0.05, 0) is 67.7 Å². The summed E-state index contributed by atoms with van der Waals surface area (Å²) in [7, 11) is 0. The second kappa shape index (κ2) is 12.1. The average Bonchev–Trinajstić information content (AvgIpc) is 2.83. The molecule has 3 rings (SSSR count). The predicted octanol–water partition coefficient (Wildman–Crippen LogP) is 4.56. The number of rotatable bonds is 7. The summed E-state index contributed by atoms with van der Waals surface area (Å²) in [5.41, 5.74) is 1.32. The lowest BCUT2D eigenvalue weighted by molar-refractivity contribution is -0.116. The molecule has 7 nitrogen and oxygen atoms in total. The summed E-state index contributed by atoms with van der Waals surface area (Å²) in [5.74, 6) is 0.400. The van der Waals surface area contributed by atoms with Gasteiger partial charge in [-0.1, -0.05) is 29.8 Å². The monoisotopic (exact) mass is 470 g/mol. The molecule has 1 N–H and O–H groups in total. The van der Waals surface area contributed by atoms with Crippen LogP contribution >= 0.6 is 11.6 Å². The predicted molar refractivity (Wildman–Crippen MR) is 126 cm³/mol. The van der Waals surface area contributed by atoms with Crippen LogP contribution in [0.25, 0.3) is 6.08 Å². The van der Waals surface area contributed by atoms with Gasteiger partial charge < -0.3 is 19.7 Å². The molecule has 0 spiro atoms. The number of nitrogens with one attached hydrogen (secondary N) is 1. The van der Waals surface area contributed by atoms with Crippen molar-refractivity contribution in [1.29, 1.82) is 0 Å². The van der Waals surface area contributed by atoms with E-state index in [0.29, 0.717) is 41.9 Å². The molecule has 2 amide bonds. The zero-order chi connectivity index (χ0) is 23.6. The standard InChI is InChI=1S/C25H27ClN2O5/c1-2-32-25(31)33-21-10-7-20(8-11-21)24(30)28-15-13-18(14-16-28)17-27-23(29)12-9-19-5-3-4-6-22(19)26/h3-12,18H,2,13-17H2,1H3,(H,27,29)/b12-9+. The number of nitrogens with zero attached hydrogens (tertiary/aromatic N) is 1. The van der Waals surface area contributed by atoms with E-state index in [0.717, 1.165) is 18.4 Å². The molecule has 1 fully saturated rings. The lowest BCUT2D eigenvalue weighted by Gasteiger charge is -2.32. The molecule has 1 aliphatic heterocycles. The molecule has 0 unspecified atom stereocenters. The van der Waals surface area contributed by atoms with Crippen molar-refractivity contribution in [3.8, 4) is 5.75 Å². The first-order valence-corrected chi connectivity index (χ1v) is 11.3. The zero-order valence-corrected chi connectivity index (χ0v) is 19.2. The minimum Gasteiger partial charge on any atom is -0.434 e. The van der Waals surface area contributed by atoms with Gasteiger partial charge in [0.1, 0.15) is 5.75 Å². The molecule has 0 atom stereocenters. The highest BCUT2D eigenvalue weighted by Crippen LogP contribution is 2.20. The van der Waals surface area contributed by atoms with Crippen LogP contribution in [-0.4, -0.2) is 49.1 Å². The first-order chi connectivity index (χ1) is 16.0. The molecule has 174 valence electrons. The van der Waals surface area contributed by atoms with Crippen molar-refractivity contribution in [3.63, 3.8) is 0 Å². The lowest BCUT2D eigenvalue weighted by atomic mass is 9.96. The summed E-state index contributed by atoms with van der Waals surface area (Å²) >= 11 is 6.09. The second-order valence-corrected chi connectivity index (χ2v) is 8.05. The van der Waals surface area contributed by atoms with Crippen molar-refractivity contribution in [2.24, 2.45) is 5.92 Å². The highest BCUT2D eigenvalue weighted by Gasteiger charge is 2.24. The molecular formula is C25H27ClN2O5. The minimum atomic E-state index is -0.773. The topological polar surface area (TPSA) is 84.9 Å². The Hall–Kier alpha value is -3.32. The summed E-state index contributed by atoms with van der Waals surface area (Å²) in [6.07, 6.45) is 4.02. The average molecular weight is 471 g/mol. The van der Waals surface area contributed by atoms with Gasteiger partial charge in [-0.25, -0.2) is 4.79 Å². The van der Waals surface area contributed by atoms with E-state index in [4.69, 9.17) is 21.1 Å². The van der Waals surface area contributed by atoms with Gasteiger partial charge in [0, 0.05) is 36.3 Å². The van der Waals surface area contributed by atoms with Gasteiger partial charge in [0.15, 0.2) is 0 Å². The highest BCUT2D eigenvalue weighted by molar-refractivity contribution is 6.32. The maximum absolute atomic E-state index is 12.8.